The molecule has 11 atom stereocenters. The van der Waals surface area contributed by atoms with Gasteiger partial charge in [0.1, 0.15) is 18.3 Å². The van der Waals surface area contributed by atoms with E-state index in [4.69, 9.17) is 18.9 Å². The third kappa shape index (κ3) is 2.52. The van der Waals surface area contributed by atoms with Crippen molar-refractivity contribution in [2.75, 3.05) is 13.2 Å². The summed E-state index contributed by atoms with van der Waals surface area (Å²) < 4.78 is 24.8. The summed E-state index contributed by atoms with van der Waals surface area (Å²) in [5.41, 5.74) is 1.66. The highest BCUT2D eigenvalue weighted by molar-refractivity contribution is 5.98. The first-order chi connectivity index (χ1) is 15.1. The molecule has 0 bridgehead atoms. The molecule has 0 spiro atoms. The van der Waals surface area contributed by atoms with E-state index < -0.39 is 0 Å². The molecule has 3 aliphatic heterocycles. The van der Waals surface area contributed by atoms with Crippen LogP contribution in [-0.4, -0.2) is 49.7 Å². The van der Waals surface area contributed by atoms with Crippen LogP contribution >= 0.6 is 0 Å². The molecule has 7 rings (SSSR count). The van der Waals surface area contributed by atoms with Crippen LogP contribution in [0.1, 0.15) is 60.3 Å². The molecular weight excluding hydrogens is 404 g/mol. The van der Waals surface area contributed by atoms with Crippen LogP contribution in [0.15, 0.2) is 11.6 Å². The molecule has 0 radical (unpaired) electrons. The molecular formula is C27H38O5. The minimum absolute atomic E-state index is 0.0207. The molecule has 0 aromatic carbocycles. The van der Waals surface area contributed by atoms with Gasteiger partial charge in [-0.25, -0.2) is 0 Å². The summed E-state index contributed by atoms with van der Waals surface area (Å²) in [6.07, 6.45) is 7.19. The van der Waals surface area contributed by atoms with Gasteiger partial charge >= 0.3 is 0 Å². The van der Waals surface area contributed by atoms with Crippen LogP contribution in [0.4, 0.5) is 0 Å². The van der Waals surface area contributed by atoms with Crippen molar-refractivity contribution in [2.24, 2.45) is 45.8 Å². The van der Waals surface area contributed by atoms with Crippen molar-refractivity contribution in [3.63, 3.8) is 0 Å². The number of hydrogen-bond acceptors (Lipinski definition) is 5. The standard InChI is InChI=1S/C27H38O5/c1-13(24-29-11-25(2,3)12-30-24)14-6-7-15-19-16(8-9-26(14,15)4)27(5)17(20-22(19)31-20)10-18(28)21-23(27)32-21/h10,13-16,19-24H,6-9,11-12H2,1-5H3/t13?,14-,15+,16+,19+,20?,21?,22?,23?,26-,27-/m1/s1. The Bertz CT molecular complexity index is 884. The van der Waals surface area contributed by atoms with E-state index in [0.717, 1.165) is 13.2 Å². The van der Waals surface area contributed by atoms with Crippen LogP contribution in [0.25, 0.3) is 0 Å². The molecule has 176 valence electrons. The van der Waals surface area contributed by atoms with E-state index in [2.05, 4.69) is 34.6 Å². The molecule has 5 nitrogen and oxygen atoms in total. The van der Waals surface area contributed by atoms with Crippen molar-refractivity contribution in [3.8, 4) is 0 Å². The second-order valence-electron chi connectivity index (χ2n) is 13.3. The fraction of sp³-hybridized carbons (Fsp3) is 0.889. The fourth-order valence-electron chi connectivity index (χ4n) is 9.28. The number of rotatable bonds is 2. The maximum Gasteiger partial charge on any atom is 0.187 e. The van der Waals surface area contributed by atoms with Crippen LogP contribution in [0, 0.1) is 45.8 Å². The lowest BCUT2D eigenvalue weighted by Gasteiger charge is -2.56. The van der Waals surface area contributed by atoms with Crippen LogP contribution in [-0.2, 0) is 23.7 Å². The third-order valence-corrected chi connectivity index (χ3v) is 11.0. The summed E-state index contributed by atoms with van der Waals surface area (Å²) >= 11 is 0. The smallest absolute Gasteiger partial charge is 0.187 e. The first kappa shape index (κ1) is 20.6. The Morgan fingerprint density at radius 1 is 0.969 bits per heavy atom. The molecule has 3 saturated heterocycles. The van der Waals surface area contributed by atoms with Crippen LogP contribution in [0.5, 0.6) is 0 Å². The minimum atomic E-state index is -0.186. The van der Waals surface area contributed by atoms with Crippen molar-refractivity contribution in [1.82, 2.24) is 0 Å². The lowest BCUT2D eigenvalue weighted by Crippen LogP contribution is -2.56. The molecule has 0 amide bonds. The normalized spacial score (nSPS) is 56.2. The van der Waals surface area contributed by atoms with Gasteiger partial charge in [-0.1, -0.05) is 34.6 Å². The van der Waals surface area contributed by atoms with E-state index >= 15 is 0 Å². The van der Waals surface area contributed by atoms with Crippen LogP contribution in [0.3, 0.4) is 0 Å². The lowest BCUT2D eigenvalue weighted by molar-refractivity contribution is -0.253. The van der Waals surface area contributed by atoms with Gasteiger partial charge in [0, 0.05) is 16.7 Å². The molecule has 0 aromatic rings. The molecule has 4 aliphatic carbocycles. The second kappa shape index (κ2) is 6.27. The summed E-state index contributed by atoms with van der Waals surface area (Å²) in [5, 5.41) is 0. The van der Waals surface area contributed by atoms with Gasteiger partial charge in [-0.15, -0.1) is 0 Å². The Kier molecular flexibility index (Phi) is 4.04. The molecule has 7 aliphatic rings. The first-order valence-electron chi connectivity index (χ1n) is 13.0. The molecule has 32 heavy (non-hydrogen) atoms. The predicted molar refractivity (Wildman–Crippen MR) is 118 cm³/mol. The zero-order valence-corrected chi connectivity index (χ0v) is 20.1. The Morgan fingerprint density at radius 3 is 2.47 bits per heavy atom. The number of ketones is 1. The highest BCUT2D eigenvalue weighted by Crippen LogP contribution is 2.72. The number of ether oxygens (including phenoxy) is 4. The van der Waals surface area contributed by atoms with Gasteiger partial charge in [-0.2, -0.15) is 0 Å². The summed E-state index contributed by atoms with van der Waals surface area (Å²) in [5.74, 6) is 3.03. The van der Waals surface area contributed by atoms with Gasteiger partial charge in [0.25, 0.3) is 0 Å². The van der Waals surface area contributed by atoms with E-state index in [0.29, 0.717) is 41.1 Å². The number of epoxide rings is 2. The number of carbonyl (C=O) groups is 1. The SMILES string of the molecule is CC(C1OCC(C)(C)CO1)[C@H]1CC[C@H]2[C@@H]3C4OC4C4=CC(=O)C5OC5[C@]4(C)[C@H]3CC[C@]12C. The van der Waals surface area contributed by atoms with Gasteiger partial charge in [0.2, 0.25) is 0 Å². The maximum atomic E-state index is 12.4. The number of carbonyl (C=O) groups excluding carboxylic acids is 1. The zero-order chi connectivity index (χ0) is 22.2. The van der Waals surface area contributed by atoms with Gasteiger partial charge in [-0.3, -0.25) is 4.79 Å². The van der Waals surface area contributed by atoms with Crippen molar-refractivity contribution in [1.29, 1.82) is 0 Å². The summed E-state index contributed by atoms with van der Waals surface area (Å²) in [4.78, 5) is 12.4. The van der Waals surface area contributed by atoms with Crippen molar-refractivity contribution in [3.05, 3.63) is 11.6 Å². The average molecular weight is 443 g/mol. The summed E-state index contributed by atoms with van der Waals surface area (Å²) in [6.45, 7) is 13.3. The molecule has 6 fully saturated rings. The van der Waals surface area contributed by atoms with Gasteiger partial charge < -0.3 is 18.9 Å². The number of fused-ring (bicyclic) bond motifs is 10. The Hall–Kier alpha value is -0.750. The molecule has 0 N–H and O–H groups in total. The highest BCUT2D eigenvalue weighted by Gasteiger charge is 2.75. The van der Waals surface area contributed by atoms with Crippen molar-refractivity contribution in [2.45, 2.75) is 91.0 Å². The Balaban J connectivity index is 1.17. The Morgan fingerprint density at radius 2 is 1.72 bits per heavy atom. The maximum absolute atomic E-state index is 12.4. The molecule has 0 aromatic heterocycles. The minimum Gasteiger partial charge on any atom is -0.364 e. The molecule has 5 heteroatoms. The van der Waals surface area contributed by atoms with Crippen molar-refractivity contribution >= 4 is 5.78 Å². The van der Waals surface area contributed by atoms with Gasteiger partial charge in [0.15, 0.2) is 12.1 Å². The predicted octanol–water partition coefficient (Wildman–Crippen LogP) is 4.14. The zero-order valence-electron chi connectivity index (χ0n) is 20.1. The van der Waals surface area contributed by atoms with Crippen LogP contribution in [0.2, 0.25) is 0 Å². The van der Waals surface area contributed by atoms with E-state index in [1.807, 2.05) is 6.08 Å². The summed E-state index contributed by atoms with van der Waals surface area (Å²) in [7, 11) is 0. The molecule has 5 unspecified atom stereocenters. The van der Waals surface area contributed by atoms with Crippen molar-refractivity contribution < 1.29 is 23.7 Å². The van der Waals surface area contributed by atoms with E-state index in [9.17, 15) is 4.79 Å². The molecule has 3 saturated carbocycles. The third-order valence-electron chi connectivity index (χ3n) is 11.0. The quantitative estimate of drug-likeness (QED) is 0.602. The topological polar surface area (TPSA) is 60.6 Å². The lowest BCUT2D eigenvalue weighted by atomic mass is 9.46. The largest absolute Gasteiger partial charge is 0.364 e. The Labute approximate surface area is 191 Å². The van der Waals surface area contributed by atoms with Gasteiger partial charge in [-0.05, 0) is 66.4 Å². The first-order valence-corrected chi connectivity index (χ1v) is 13.0. The van der Waals surface area contributed by atoms with Crippen LogP contribution < -0.4 is 0 Å². The summed E-state index contributed by atoms with van der Waals surface area (Å²) in [6, 6.07) is 0. The number of hydrogen-bond donors (Lipinski definition) is 0. The monoisotopic (exact) mass is 442 g/mol. The van der Waals surface area contributed by atoms with E-state index in [-0.39, 0.29) is 41.2 Å². The van der Waals surface area contributed by atoms with Gasteiger partial charge in [0.05, 0.1) is 19.3 Å². The average Bonchev–Trinajstić information content (AvgIpc) is 3.64. The van der Waals surface area contributed by atoms with E-state index in [1.54, 1.807) is 0 Å². The molecule has 3 heterocycles. The second-order valence-corrected chi connectivity index (χ2v) is 13.3. The van der Waals surface area contributed by atoms with E-state index in [1.165, 1.54) is 31.3 Å². The fourth-order valence-corrected chi connectivity index (χ4v) is 9.28. The highest BCUT2D eigenvalue weighted by atomic mass is 16.7.